The van der Waals surface area contributed by atoms with Crippen molar-refractivity contribution < 1.29 is 0 Å². The molecule has 2 rings (SSSR count). The Hall–Kier alpha value is -0.640. The van der Waals surface area contributed by atoms with Gasteiger partial charge in [0, 0.05) is 6.04 Å². The number of hydrogen-bond acceptors (Lipinski definition) is 4. The number of nitrogens with zero attached hydrogens (tertiary/aromatic N) is 2. The largest absolute Gasteiger partial charge is 0.357 e. The summed E-state index contributed by atoms with van der Waals surface area (Å²) in [7, 11) is 0. The van der Waals surface area contributed by atoms with E-state index in [1.54, 1.807) is 16.8 Å². The first-order chi connectivity index (χ1) is 6.57. The molecule has 1 aromatic rings. The maximum Gasteiger partial charge on any atom is 0.205 e. The fraction of sp³-hybridized carbons (Fsp3) is 0.800. The average Bonchev–Trinajstić information content (AvgIpc) is 2.61. The van der Waals surface area contributed by atoms with Crippen molar-refractivity contribution in [3.8, 4) is 0 Å². The highest BCUT2D eigenvalue weighted by molar-refractivity contribution is 7.13. The molecule has 0 aromatic carbocycles. The molecule has 78 valence electrons. The van der Waals surface area contributed by atoms with Gasteiger partial charge >= 0.3 is 0 Å². The van der Waals surface area contributed by atoms with Crippen molar-refractivity contribution in [2.24, 2.45) is 11.3 Å². The molecular formula is C10H17N3S. The molecule has 14 heavy (non-hydrogen) atoms. The number of rotatable bonds is 2. The van der Waals surface area contributed by atoms with Crippen LogP contribution < -0.4 is 5.32 Å². The molecule has 1 fully saturated rings. The lowest BCUT2D eigenvalue weighted by molar-refractivity contribution is 0.366. The van der Waals surface area contributed by atoms with E-state index in [9.17, 15) is 0 Å². The van der Waals surface area contributed by atoms with Crippen LogP contribution in [0.15, 0.2) is 5.51 Å². The van der Waals surface area contributed by atoms with Crippen LogP contribution in [-0.4, -0.2) is 16.2 Å². The molecule has 0 radical (unpaired) electrons. The van der Waals surface area contributed by atoms with Crippen molar-refractivity contribution in [2.75, 3.05) is 5.32 Å². The zero-order valence-electron chi connectivity index (χ0n) is 8.95. The van der Waals surface area contributed by atoms with E-state index in [4.69, 9.17) is 0 Å². The minimum Gasteiger partial charge on any atom is -0.357 e. The molecule has 1 heterocycles. The first-order valence-electron chi connectivity index (χ1n) is 5.09. The molecule has 3 nitrogen and oxygen atoms in total. The highest BCUT2D eigenvalue weighted by atomic mass is 32.1. The minimum absolute atomic E-state index is 0.474. The van der Waals surface area contributed by atoms with Crippen LogP contribution >= 0.6 is 11.3 Å². The summed E-state index contributed by atoms with van der Waals surface area (Å²) in [5.74, 6) is 0.730. The molecule has 0 aliphatic heterocycles. The van der Waals surface area contributed by atoms with E-state index in [0.29, 0.717) is 11.5 Å². The van der Waals surface area contributed by atoms with E-state index in [2.05, 4.69) is 36.3 Å². The van der Waals surface area contributed by atoms with E-state index in [1.165, 1.54) is 12.8 Å². The highest BCUT2D eigenvalue weighted by Gasteiger charge is 2.36. The summed E-state index contributed by atoms with van der Waals surface area (Å²) >= 11 is 1.58. The number of anilines is 1. The maximum absolute atomic E-state index is 4.02. The second-order valence-electron chi connectivity index (χ2n) is 5.04. The second kappa shape index (κ2) is 3.50. The summed E-state index contributed by atoms with van der Waals surface area (Å²) in [5.41, 5.74) is 2.24. The van der Waals surface area contributed by atoms with Crippen LogP contribution in [0.2, 0.25) is 0 Å². The first-order valence-corrected chi connectivity index (χ1v) is 5.97. The van der Waals surface area contributed by atoms with Crippen LogP contribution in [0.5, 0.6) is 0 Å². The van der Waals surface area contributed by atoms with Crippen molar-refractivity contribution in [3.05, 3.63) is 5.51 Å². The lowest BCUT2D eigenvalue weighted by atomic mass is 9.91. The third-order valence-electron chi connectivity index (χ3n) is 3.00. The lowest BCUT2D eigenvalue weighted by Crippen LogP contribution is -2.22. The highest BCUT2D eigenvalue weighted by Crippen LogP contribution is 2.42. The molecule has 2 unspecified atom stereocenters. The van der Waals surface area contributed by atoms with Crippen LogP contribution in [0.3, 0.4) is 0 Å². The van der Waals surface area contributed by atoms with Crippen molar-refractivity contribution in [1.29, 1.82) is 0 Å². The normalized spacial score (nSPS) is 30.5. The molecule has 0 bridgehead atoms. The molecule has 2 atom stereocenters. The minimum atomic E-state index is 0.474. The van der Waals surface area contributed by atoms with Crippen molar-refractivity contribution >= 4 is 16.5 Å². The van der Waals surface area contributed by atoms with Gasteiger partial charge in [0.1, 0.15) is 5.51 Å². The predicted octanol–water partition coefficient (Wildman–Crippen LogP) is 2.77. The van der Waals surface area contributed by atoms with Gasteiger partial charge < -0.3 is 5.32 Å². The van der Waals surface area contributed by atoms with Crippen LogP contribution in [0.4, 0.5) is 5.13 Å². The monoisotopic (exact) mass is 211 g/mol. The van der Waals surface area contributed by atoms with Gasteiger partial charge in [0.25, 0.3) is 0 Å². The van der Waals surface area contributed by atoms with Crippen LogP contribution in [0, 0.1) is 11.3 Å². The molecule has 1 N–H and O–H groups in total. The van der Waals surface area contributed by atoms with Crippen molar-refractivity contribution in [2.45, 2.75) is 39.7 Å². The first kappa shape index (κ1) is 9.90. The molecule has 1 aliphatic carbocycles. The van der Waals surface area contributed by atoms with Gasteiger partial charge in [-0.05, 0) is 24.2 Å². The molecule has 0 spiro atoms. The van der Waals surface area contributed by atoms with Crippen molar-refractivity contribution in [1.82, 2.24) is 10.2 Å². The van der Waals surface area contributed by atoms with Crippen LogP contribution in [0.25, 0.3) is 0 Å². The Morgan fingerprint density at radius 2 is 2.29 bits per heavy atom. The topological polar surface area (TPSA) is 37.8 Å². The summed E-state index contributed by atoms with van der Waals surface area (Å²) in [6.45, 7) is 6.99. The second-order valence-corrected chi connectivity index (χ2v) is 5.88. The summed E-state index contributed by atoms with van der Waals surface area (Å²) < 4.78 is 0. The van der Waals surface area contributed by atoms with E-state index < -0.39 is 0 Å². The van der Waals surface area contributed by atoms with E-state index in [0.717, 1.165) is 11.0 Å². The van der Waals surface area contributed by atoms with Gasteiger partial charge in [0.2, 0.25) is 5.13 Å². The molecule has 0 amide bonds. The fourth-order valence-corrected chi connectivity index (χ4v) is 2.99. The Labute approximate surface area is 88.9 Å². The predicted molar refractivity (Wildman–Crippen MR) is 59.5 cm³/mol. The summed E-state index contributed by atoms with van der Waals surface area (Å²) in [6, 6.07) is 0.568. The van der Waals surface area contributed by atoms with E-state index >= 15 is 0 Å². The Balaban J connectivity index is 2.00. The smallest absolute Gasteiger partial charge is 0.205 e. The lowest BCUT2D eigenvalue weighted by Gasteiger charge is -2.17. The molecular weight excluding hydrogens is 194 g/mol. The molecule has 1 saturated carbocycles. The molecule has 1 aliphatic rings. The Kier molecular flexibility index (Phi) is 2.47. The Morgan fingerprint density at radius 3 is 2.79 bits per heavy atom. The quantitative estimate of drug-likeness (QED) is 0.817. The third kappa shape index (κ3) is 2.05. The molecule has 4 heteroatoms. The molecule has 1 aromatic heterocycles. The maximum atomic E-state index is 4.02. The van der Waals surface area contributed by atoms with Gasteiger partial charge in [-0.2, -0.15) is 0 Å². The summed E-state index contributed by atoms with van der Waals surface area (Å²) in [4.78, 5) is 0. The summed E-state index contributed by atoms with van der Waals surface area (Å²) in [5, 5.41) is 12.3. The van der Waals surface area contributed by atoms with Gasteiger partial charge in [0.05, 0.1) is 0 Å². The van der Waals surface area contributed by atoms with E-state index in [-0.39, 0.29) is 0 Å². The molecule has 0 saturated heterocycles. The number of aromatic nitrogens is 2. The zero-order chi connectivity index (χ0) is 10.2. The van der Waals surface area contributed by atoms with Gasteiger partial charge in [-0.15, -0.1) is 10.2 Å². The van der Waals surface area contributed by atoms with E-state index in [1.807, 2.05) is 0 Å². The fourth-order valence-electron chi connectivity index (χ4n) is 2.48. The van der Waals surface area contributed by atoms with Crippen LogP contribution in [-0.2, 0) is 0 Å². The van der Waals surface area contributed by atoms with Gasteiger partial charge in [-0.25, -0.2) is 0 Å². The average molecular weight is 211 g/mol. The zero-order valence-corrected chi connectivity index (χ0v) is 9.77. The van der Waals surface area contributed by atoms with Gasteiger partial charge in [0.15, 0.2) is 0 Å². The van der Waals surface area contributed by atoms with Gasteiger partial charge in [-0.3, -0.25) is 0 Å². The number of nitrogens with one attached hydrogen (secondary N) is 1. The Bertz CT molecular complexity index is 294. The van der Waals surface area contributed by atoms with Crippen LogP contribution in [0.1, 0.15) is 33.6 Å². The SMILES string of the molecule is CC1CC(C)(C)CC1Nc1nncs1. The van der Waals surface area contributed by atoms with Crippen molar-refractivity contribution in [3.63, 3.8) is 0 Å². The third-order valence-corrected chi connectivity index (χ3v) is 3.63. The standard InChI is InChI=1S/C10H17N3S/c1-7-4-10(2,3)5-8(7)12-9-13-11-6-14-9/h6-8H,4-5H2,1-3H3,(H,12,13). The Morgan fingerprint density at radius 1 is 1.50 bits per heavy atom. The summed E-state index contributed by atoms with van der Waals surface area (Å²) in [6.07, 6.45) is 2.53. The number of hydrogen-bond donors (Lipinski definition) is 1. The van der Waals surface area contributed by atoms with Gasteiger partial charge in [-0.1, -0.05) is 32.1 Å².